The van der Waals surface area contributed by atoms with Crippen LogP contribution in [0.25, 0.3) is 0 Å². The number of carbonyl (C=O) groups excluding carboxylic acids is 3. The average molecular weight is 1120 g/mol. The molecule has 0 aromatic heterocycles. The molecule has 0 rings (SSSR count). The molecule has 0 fully saturated rings. The molecule has 0 aliphatic carbocycles. The molecule has 0 aliphatic heterocycles. The van der Waals surface area contributed by atoms with E-state index in [2.05, 4.69) is 69.4 Å². The van der Waals surface area contributed by atoms with E-state index in [1.165, 1.54) is 276 Å². The lowest BCUT2D eigenvalue weighted by atomic mass is 10.0. The monoisotopic (exact) mass is 1120 g/mol. The molecule has 468 valence electrons. The lowest BCUT2D eigenvalue weighted by Gasteiger charge is -2.18. The molecule has 0 radical (unpaired) electrons. The Morgan fingerprint density at radius 1 is 0.250 bits per heavy atom. The molecule has 0 amide bonds. The highest BCUT2D eigenvalue weighted by molar-refractivity contribution is 5.71. The van der Waals surface area contributed by atoms with E-state index in [0.717, 1.165) is 70.6 Å². The molecule has 0 bridgehead atoms. The van der Waals surface area contributed by atoms with Gasteiger partial charge in [-0.15, -0.1) is 0 Å². The van der Waals surface area contributed by atoms with E-state index in [4.69, 9.17) is 14.2 Å². The first-order valence-corrected chi connectivity index (χ1v) is 35.6. The van der Waals surface area contributed by atoms with Crippen molar-refractivity contribution in [3.8, 4) is 0 Å². The van der Waals surface area contributed by atoms with Gasteiger partial charge in [0.05, 0.1) is 0 Å². The molecule has 80 heavy (non-hydrogen) atoms. The van der Waals surface area contributed by atoms with Crippen molar-refractivity contribution in [1.29, 1.82) is 0 Å². The Bertz CT molecular complexity index is 1380. The van der Waals surface area contributed by atoms with Gasteiger partial charge in [-0.25, -0.2) is 0 Å². The first-order valence-electron chi connectivity index (χ1n) is 35.6. The number of rotatable bonds is 66. The van der Waals surface area contributed by atoms with Gasteiger partial charge in [0.2, 0.25) is 0 Å². The summed E-state index contributed by atoms with van der Waals surface area (Å²) in [7, 11) is 0. The second-order valence-electron chi connectivity index (χ2n) is 24.1. The fourth-order valence-electron chi connectivity index (χ4n) is 10.6. The molecule has 0 aromatic carbocycles. The zero-order valence-corrected chi connectivity index (χ0v) is 53.9. The Morgan fingerprint density at radius 2 is 0.450 bits per heavy atom. The average Bonchev–Trinajstić information content (AvgIpc) is 3.46. The third kappa shape index (κ3) is 66.2. The van der Waals surface area contributed by atoms with Gasteiger partial charge in [-0.3, -0.25) is 14.4 Å². The summed E-state index contributed by atoms with van der Waals surface area (Å²) in [6, 6.07) is 0. The van der Waals surface area contributed by atoms with E-state index in [-0.39, 0.29) is 31.1 Å². The van der Waals surface area contributed by atoms with Crippen molar-refractivity contribution >= 4 is 17.9 Å². The topological polar surface area (TPSA) is 78.9 Å². The number of unbranched alkanes of at least 4 members (excludes halogenated alkanes) is 47. The summed E-state index contributed by atoms with van der Waals surface area (Å²) in [5.41, 5.74) is 0. The van der Waals surface area contributed by atoms with Gasteiger partial charge in [0, 0.05) is 19.3 Å². The molecule has 0 N–H and O–H groups in total. The summed E-state index contributed by atoms with van der Waals surface area (Å²) in [5, 5.41) is 0. The summed E-state index contributed by atoms with van der Waals surface area (Å²) < 4.78 is 17.0. The molecule has 1 atom stereocenters. The first kappa shape index (κ1) is 77.4. The molecule has 6 nitrogen and oxygen atoms in total. The van der Waals surface area contributed by atoms with Crippen LogP contribution in [-0.2, 0) is 28.6 Å². The second-order valence-corrected chi connectivity index (χ2v) is 24.1. The molecule has 0 heterocycles. The Kier molecular flexibility index (Phi) is 66.6. The molecule has 0 aromatic rings. The van der Waals surface area contributed by atoms with Crippen molar-refractivity contribution in [2.75, 3.05) is 13.2 Å². The number of allylic oxidation sites excluding steroid dienone is 8. The lowest BCUT2D eigenvalue weighted by Crippen LogP contribution is -2.30. The maximum atomic E-state index is 12.9. The number of hydrogen-bond acceptors (Lipinski definition) is 6. The summed E-state index contributed by atoms with van der Waals surface area (Å²) in [5.74, 6) is -0.859. The summed E-state index contributed by atoms with van der Waals surface area (Å²) in [6.45, 7) is 6.66. The van der Waals surface area contributed by atoms with Gasteiger partial charge >= 0.3 is 17.9 Å². The SMILES string of the molecule is CCCCC/C=C\CCCCCCCC(=O)OCC(COC(=O)CCCCCCCCCCCCCCCCC/C=C\C/C=C\CCCCCCC)OC(=O)CCCCCCCCCCCCC/C=C\CCCCCCCCCC. The van der Waals surface area contributed by atoms with Crippen LogP contribution in [0.2, 0.25) is 0 Å². The van der Waals surface area contributed by atoms with Gasteiger partial charge < -0.3 is 14.2 Å². The second kappa shape index (κ2) is 68.9. The molecular formula is C74H136O6. The zero-order chi connectivity index (χ0) is 57.8. The number of hydrogen-bond donors (Lipinski definition) is 0. The maximum absolute atomic E-state index is 12.9. The highest BCUT2D eigenvalue weighted by atomic mass is 16.6. The normalized spacial score (nSPS) is 12.3. The largest absolute Gasteiger partial charge is 0.462 e. The molecular weight excluding hydrogens is 985 g/mol. The van der Waals surface area contributed by atoms with Gasteiger partial charge in [-0.05, 0) is 103 Å². The first-order chi connectivity index (χ1) is 39.5. The van der Waals surface area contributed by atoms with E-state index in [1.807, 2.05) is 0 Å². The van der Waals surface area contributed by atoms with Crippen molar-refractivity contribution in [2.45, 2.75) is 393 Å². The predicted octanol–water partition coefficient (Wildman–Crippen LogP) is 24.5. The van der Waals surface area contributed by atoms with Gasteiger partial charge in [0.25, 0.3) is 0 Å². The Hall–Kier alpha value is -2.63. The van der Waals surface area contributed by atoms with Gasteiger partial charge in [0.1, 0.15) is 13.2 Å². The highest BCUT2D eigenvalue weighted by Gasteiger charge is 2.19. The van der Waals surface area contributed by atoms with E-state index >= 15 is 0 Å². The highest BCUT2D eigenvalue weighted by Crippen LogP contribution is 2.18. The Balaban J connectivity index is 4.21. The third-order valence-corrected chi connectivity index (χ3v) is 16.0. The summed E-state index contributed by atoms with van der Waals surface area (Å²) >= 11 is 0. The van der Waals surface area contributed by atoms with Crippen molar-refractivity contribution in [2.24, 2.45) is 0 Å². The van der Waals surface area contributed by atoms with Gasteiger partial charge in [-0.1, -0.05) is 313 Å². The van der Waals surface area contributed by atoms with Crippen molar-refractivity contribution in [3.05, 3.63) is 48.6 Å². The van der Waals surface area contributed by atoms with Crippen LogP contribution in [0.15, 0.2) is 48.6 Å². The third-order valence-electron chi connectivity index (χ3n) is 16.0. The minimum absolute atomic E-state index is 0.0724. The molecule has 6 heteroatoms. The number of ether oxygens (including phenoxy) is 3. The van der Waals surface area contributed by atoms with E-state index < -0.39 is 6.10 Å². The van der Waals surface area contributed by atoms with Gasteiger partial charge in [-0.2, -0.15) is 0 Å². The Morgan fingerprint density at radius 3 is 0.725 bits per heavy atom. The predicted molar refractivity (Wildman–Crippen MR) is 349 cm³/mol. The van der Waals surface area contributed by atoms with Crippen LogP contribution in [-0.4, -0.2) is 37.2 Å². The zero-order valence-electron chi connectivity index (χ0n) is 53.9. The smallest absolute Gasteiger partial charge is 0.306 e. The fraction of sp³-hybridized carbons (Fsp3) is 0.851. The van der Waals surface area contributed by atoms with E-state index in [9.17, 15) is 14.4 Å². The van der Waals surface area contributed by atoms with Crippen LogP contribution in [0.4, 0.5) is 0 Å². The molecule has 0 saturated carbocycles. The molecule has 0 spiro atoms. The van der Waals surface area contributed by atoms with Crippen LogP contribution < -0.4 is 0 Å². The fourth-order valence-corrected chi connectivity index (χ4v) is 10.6. The van der Waals surface area contributed by atoms with Crippen molar-refractivity contribution in [1.82, 2.24) is 0 Å². The standard InChI is InChI=1S/C74H136O6/c1-4-7-10-13-16-19-22-25-27-29-31-33-35-36-37-38-40-41-43-45-47-49-52-55-58-61-64-67-73(76)79-70-71(69-78-72(75)66-63-60-57-54-51-24-21-18-15-12-9-6-3)80-74(77)68-65-62-59-56-53-50-48-46-44-42-39-34-32-30-28-26-23-20-17-14-11-8-5-2/h18,21-22,25,29-32,71H,4-17,19-20,23-24,26-28,33-70H2,1-3H3/b21-18-,25-22-,31-29-,32-30-. The van der Waals surface area contributed by atoms with E-state index in [1.54, 1.807) is 0 Å². The minimum atomic E-state index is -0.776. The summed E-state index contributed by atoms with van der Waals surface area (Å²) in [6.07, 6.45) is 87.2. The van der Waals surface area contributed by atoms with Crippen LogP contribution in [0, 0.1) is 0 Å². The van der Waals surface area contributed by atoms with Crippen molar-refractivity contribution < 1.29 is 28.6 Å². The Labute approximate surface area is 498 Å². The molecule has 1 unspecified atom stereocenters. The molecule has 0 aliphatic rings. The van der Waals surface area contributed by atoms with Crippen LogP contribution in [0.5, 0.6) is 0 Å². The van der Waals surface area contributed by atoms with Crippen LogP contribution in [0.1, 0.15) is 387 Å². The lowest BCUT2D eigenvalue weighted by molar-refractivity contribution is -0.167. The minimum Gasteiger partial charge on any atom is -0.462 e. The number of esters is 3. The van der Waals surface area contributed by atoms with Crippen LogP contribution >= 0.6 is 0 Å². The molecule has 0 saturated heterocycles. The van der Waals surface area contributed by atoms with Crippen molar-refractivity contribution in [3.63, 3.8) is 0 Å². The maximum Gasteiger partial charge on any atom is 0.306 e. The van der Waals surface area contributed by atoms with Crippen LogP contribution in [0.3, 0.4) is 0 Å². The van der Waals surface area contributed by atoms with Gasteiger partial charge in [0.15, 0.2) is 6.10 Å². The summed E-state index contributed by atoms with van der Waals surface area (Å²) in [4.78, 5) is 38.4. The quantitative estimate of drug-likeness (QED) is 0.0261. The van der Waals surface area contributed by atoms with E-state index in [0.29, 0.717) is 19.3 Å². The number of carbonyl (C=O) groups is 3.